The van der Waals surface area contributed by atoms with Crippen LogP contribution in [0.2, 0.25) is 5.35 Å². The van der Waals surface area contributed by atoms with Crippen LogP contribution in [0.5, 0.6) is 0 Å². The van der Waals surface area contributed by atoms with Crippen LogP contribution in [0, 0.1) is 0 Å². The van der Waals surface area contributed by atoms with E-state index in [0.717, 1.165) is 10.5 Å². The number of hydrogen-bond donors (Lipinski definition) is 0. The second-order valence-corrected chi connectivity index (χ2v) is 3.73. The van der Waals surface area contributed by atoms with Gasteiger partial charge in [0.2, 0.25) is 5.89 Å². The Kier molecular flexibility index (Phi) is 2.74. The first-order chi connectivity index (χ1) is 6.81. The van der Waals surface area contributed by atoms with Crippen molar-refractivity contribution in [3.8, 4) is 11.5 Å². The summed E-state index contributed by atoms with van der Waals surface area (Å²) >= 11 is 7.19. The van der Waals surface area contributed by atoms with Crippen LogP contribution in [0.4, 0.5) is 0 Å². The van der Waals surface area contributed by atoms with Crippen molar-refractivity contribution in [3.63, 3.8) is 0 Å². The normalized spacial score (nSPS) is 10.4. The maximum atomic E-state index is 5.56. The molecule has 72 valence electrons. The lowest BCUT2D eigenvalue weighted by Gasteiger charge is -2.00. The number of aromatic nitrogens is 2. The van der Waals surface area contributed by atoms with Gasteiger partial charge in [-0.25, -0.2) is 0 Å². The molecule has 0 atom stereocenters. The van der Waals surface area contributed by atoms with Crippen molar-refractivity contribution in [2.24, 2.45) is 0 Å². The largest absolute Gasteiger partial charge is 0.407 e. The topological polar surface area (TPSA) is 38.9 Å². The molecule has 3 nitrogen and oxygen atoms in total. The fourth-order valence-electron chi connectivity index (χ4n) is 1.14. The number of benzene rings is 1. The van der Waals surface area contributed by atoms with Crippen LogP contribution < -0.4 is 0 Å². The Morgan fingerprint density at radius 2 is 2.07 bits per heavy atom. The Balaban J connectivity index is 2.50. The summed E-state index contributed by atoms with van der Waals surface area (Å²) in [6, 6.07) is 7.81. The van der Waals surface area contributed by atoms with Crippen molar-refractivity contribution in [2.45, 2.75) is 4.90 Å². The second-order valence-electron chi connectivity index (χ2n) is 2.56. The fourth-order valence-corrected chi connectivity index (χ4v) is 1.84. The van der Waals surface area contributed by atoms with Crippen LogP contribution in [0.25, 0.3) is 11.5 Å². The standard InChI is InChI=1S/C9H7ClN2OS/c1-14-7-5-3-2-4-6(7)8-11-12-9(10)13-8/h2-5H,1H3. The van der Waals surface area contributed by atoms with Crippen molar-refractivity contribution in [1.29, 1.82) is 0 Å². The number of nitrogens with zero attached hydrogens (tertiary/aromatic N) is 2. The predicted octanol–water partition coefficient (Wildman–Crippen LogP) is 3.11. The van der Waals surface area contributed by atoms with Gasteiger partial charge in [-0.05, 0) is 30.0 Å². The molecular weight excluding hydrogens is 220 g/mol. The summed E-state index contributed by atoms with van der Waals surface area (Å²) in [5.74, 6) is 0.458. The first kappa shape index (κ1) is 9.55. The van der Waals surface area contributed by atoms with Crippen LogP contribution in [-0.2, 0) is 0 Å². The highest BCUT2D eigenvalue weighted by atomic mass is 35.5. The van der Waals surface area contributed by atoms with Gasteiger partial charge >= 0.3 is 5.35 Å². The summed E-state index contributed by atoms with van der Waals surface area (Å²) in [4.78, 5) is 1.09. The zero-order chi connectivity index (χ0) is 9.97. The van der Waals surface area contributed by atoms with Crippen molar-refractivity contribution >= 4 is 23.4 Å². The first-order valence-corrected chi connectivity index (χ1v) is 5.54. The number of rotatable bonds is 2. The smallest absolute Gasteiger partial charge is 0.313 e. The van der Waals surface area contributed by atoms with E-state index in [1.165, 1.54) is 0 Å². The summed E-state index contributed by atoms with van der Waals surface area (Å²) in [6.07, 6.45) is 2.00. The second kappa shape index (κ2) is 4.02. The number of halogens is 1. The number of hydrogen-bond acceptors (Lipinski definition) is 4. The minimum atomic E-state index is 0.0657. The summed E-state index contributed by atoms with van der Waals surface area (Å²) in [7, 11) is 0. The van der Waals surface area contributed by atoms with E-state index in [4.69, 9.17) is 16.0 Å². The molecule has 0 saturated carbocycles. The molecule has 0 bridgehead atoms. The van der Waals surface area contributed by atoms with Crippen molar-refractivity contribution in [2.75, 3.05) is 6.26 Å². The van der Waals surface area contributed by atoms with Gasteiger partial charge in [-0.3, -0.25) is 0 Å². The number of thioether (sulfide) groups is 1. The van der Waals surface area contributed by atoms with Gasteiger partial charge in [-0.1, -0.05) is 17.2 Å². The van der Waals surface area contributed by atoms with Crippen molar-refractivity contribution in [1.82, 2.24) is 10.2 Å². The van der Waals surface area contributed by atoms with E-state index in [2.05, 4.69) is 10.2 Å². The van der Waals surface area contributed by atoms with Gasteiger partial charge in [-0.2, -0.15) is 0 Å². The van der Waals surface area contributed by atoms with Crippen LogP contribution >= 0.6 is 23.4 Å². The maximum Gasteiger partial charge on any atom is 0.313 e. The molecule has 0 spiro atoms. The Bertz CT molecular complexity index is 444. The Morgan fingerprint density at radius 1 is 1.29 bits per heavy atom. The molecule has 0 fully saturated rings. The molecule has 0 aliphatic heterocycles. The highest BCUT2D eigenvalue weighted by Gasteiger charge is 2.10. The van der Waals surface area contributed by atoms with Gasteiger partial charge in [-0.15, -0.1) is 16.9 Å². The van der Waals surface area contributed by atoms with Gasteiger partial charge in [0.1, 0.15) is 0 Å². The van der Waals surface area contributed by atoms with Gasteiger partial charge in [0, 0.05) is 4.90 Å². The van der Waals surface area contributed by atoms with Gasteiger partial charge in [0.05, 0.1) is 5.56 Å². The van der Waals surface area contributed by atoms with Crippen LogP contribution in [0.1, 0.15) is 0 Å². The van der Waals surface area contributed by atoms with Gasteiger partial charge < -0.3 is 4.42 Å². The average Bonchev–Trinajstić information content (AvgIpc) is 2.65. The molecule has 0 saturated heterocycles. The molecule has 0 aliphatic carbocycles. The van der Waals surface area contributed by atoms with E-state index < -0.39 is 0 Å². The fraction of sp³-hybridized carbons (Fsp3) is 0.111. The third kappa shape index (κ3) is 1.76. The lowest BCUT2D eigenvalue weighted by molar-refractivity contribution is 0.569. The zero-order valence-electron chi connectivity index (χ0n) is 7.40. The lowest BCUT2D eigenvalue weighted by Crippen LogP contribution is -1.81. The van der Waals surface area contributed by atoms with E-state index >= 15 is 0 Å². The molecule has 0 aliphatic rings. The predicted molar refractivity (Wildman–Crippen MR) is 56.5 cm³/mol. The molecule has 0 N–H and O–H groups in total. The molecule has 14 heavy (non-hydrogen) atoms. The lowest BCUT2D eigenvalue weighted by atomic mass is 10.2. The molecule has 0 unspecified atom stereocenters. The molecule has 5 heteroatoms. The van der Waals surface area contributed by atoms with Gasteiger partial charge in [0.15, 0.2) is 0 Å². The molecule has 0 radical (unpaired) electrons. The molecule has 1 heterocycles. The Morgan fingerprint density at radius 3 is 2.71 bits per heavy atom. The molecule has 2 aromatic rings. The molecule has 1 aromatic carbocycles. The van der Waals surface area contributed by atoms with Crippen LogP contribution in [0.15, 0.2) is 33.6 Å². The Hall–Kier alpha value is -1.000. The molecule has 2 rings (SSSR count). The minimum absolute atomic E-state index is 0.0657. The van der Waals surface area contributed by atoms with Crippen molar-refractivity contribution < 1.29 is 4.42 Å². The van der Waals surface area contributed by atoms with E-state index in [1.807, 2.05) is 30.5 Å². The first-order valence-electron chi connectivity index (χ1n) is 3.93. The average molecular weight is 227 g/mol. The third-order valence-corrected chi connectivity index (χ3v) is 2.69. The van der Waals surface area contributed by atoms with E-state index in [-0.39, 0.29) is 5.35 Å². The quantitative estimate of drug-likeness (QED) is 0.738. The van der Waals surface area contributed by atoms with Crippen LogP contribution in [-0.4, -0.2) is 16.5 Å². The van der Waals surface area contributed by atoms with Crippen LogP contribution in [0.3, 0.4) is 0 Å². The maximum absolute atomic E-state index is 5.56. The molecule has 0 amide bonds. The monoisotopic (exact) mass is 226 g/mol. The molecule has 1 aromatic heterocycles. The highest BCUT2D eigenvalue weighted by molar-refractivity contribution is 7.98. The zero-order valence-corrected chi connectivity index (χ0v) is 8.97. The van der Waals surface area contributed by atoms with Crippen molar-refractivity contribution in [3.05, 3.63) is 29.6 Å². The van der Waals surface area contributed by atoms with E-state index in [9.17, 15) is 0 Å². The van der Waals surface area contributed by atoms with E-state index in [0.29, 0.717) is 5.89 Å². The molecular formula is C9H7ClN2OS. The minimum Gasteiger partial charge on any atom is -0.407 e. The van der Waals surface area contributed by atoms with E-state index in [1.54, 1.807) is 11.8 Å². The summed E-state index contributed by atoms with van der Waals surface area (Å²) in [6.45, 7) is 0. The summed E-state index contributed by atoms with van der Waals surface area (Å²) in [5, 5.41) is 7.51. The Labute approximate surface area is 90.5 Å². The SMILES string of the molecule is CSc1ccccc1-c1nnc(Cl)o1. The summed E-state index contributed by atoms with van der Waals surface area (Å²) in [5.41, 5.74) is 0.916. The highest BCUT2D eigenvalue weighted by Crippen LogP contribution is 2.29. The third-order valence-electron chi connectivity index (χ3n) is 1.74. The van der Waals surface area contributed by atoms with Gasteiger partial charge in [0.25, 0.3) is 0 Å². The summed E-state index contributed by atoms with van der Waals surface area (Å²) < 4.78 is 5.14.